The first-order valence-corrected chi connectivity index (χ1v) is 10.4. The summed E-state index contributed by atoms with van der Waals surface area (Å²) >= 11 is 13.6. The van der Waals surface area contributed by atoms with Crippen LogP contribution in [0.3, 0.4) is 0 Å². The van der Waals surface area contributed by atoms with Crippen molar-refractivity contribution in [1.82, 2.24) is 4.98 Å². The Labute approximate surface area is 181 Å². The molecular formula is C22H23Cl2N3S. The molecule has 0 radical (unpaired) electrons. The third-order valence-corrected chi connectivity index (χ3v) is 5.44. The maximum atomic E-state index is 6.46. The van der Waals surface area contributed by atoms with E-state index in [1.807, 2.05) is 48.6 Å². The summed E-state index contributed by atoms with van der Waals surface area (Å²) < 4.78 is 0. The zero-order valence-corrected chi connectivity index (χ0v) is 18.0. The van der Waals surface area contributed by atoms with Crippen LogP contribution in [-0.4, -0.2) is 10.9 Å². The summed E-state index contributed by atoms with van der Waals surface area (Å²) in [6.45, 7) is 5.76. The van der Waals surface area contributed by atoms with Crippen LogP contribution >= 0.6 is 35.0 Å². The van der Waals surface area contributed by atoms with E-state index in [1.165, 1.54) is 17.3 Å². The Kier molecular flexibility index (Phi) is 9.38. The molecular weight excluding hydrogens is 409 g/mol. The second kappa shape index (κ2) is 11.8. The Morgan fingerprint density at radius 3 is 2.54 bits per heavy atom. The summed E-state index contributed by atoms with van der Waals surface area (Å²) in [7, 11) is 0. The molecule has 0 fully saturated rings. The lowest BCUT2D eigenvalue weighted by molar-refractivity contribution is 0.979. The molecule has 0 aliphatic rings. The molecule has 2 N–H and O–H groups in total. The summed E-state index contributed by atoms with van der Waals surface area (Å²) in [5, 5.41) is 3.00. The van der Waals surface area contributed by atoms with Gasteiger partial charge in [-0.2, -0.15) is 0 Å². The molecule has 0 unspecified atom stereocenters. The predicted molar refractivity (Wildman–Crippen MR) is 124 cm³/mol. The van der Waals surface area contributed by atoms with Crippen molar-refractivity contribution >= 4 is 40.8 Å². The Bertz CT molecular complexity index is 862. The van der Waals surface area contributed by atoms with Gasteiger partial charge in [0, 0.05) is 22.0 Å². The second-order valence-corrected chi connectivity index (χ2v) is 7.71. The van der Waals surface area contributed by atoms with Crippen molar-refractivity contribution in [3.05, 3.63) is 106 Å². The van der Waals surface area contributed by atoms with Crippen LogP contribution in [0.2, 0.25) is 0 Å². The van der Waals surface area contributed by atoms with Crippen molar-refractivity contribution < 1.29 is 0 Å². The first-order valence-electron chi connectivity index (χ1n) is 8.68. The molecule has 2 rings (SSSR count). The molecule has 0 saturated heterocycles. The van der Waals surface area contributed by atoms with E-state index in [0.717, 1.165) is 21.9 Å². The third kappa shape index (κ3) is 6.88. The van der Waals surface area contributed by atoms with Crippen molar-refractivity contribution in [1.29, 1.82) is 0 Å². The maximum Gasteiger partial charge on any atom is 0.147 e. The van der Waals surface area contributed by atoms with Gasteiger partial charge in [0.2, 0.25) is 0 Å². The maximum absolute atomic E-state index is 6.46. The Morgan fingerprint density at radius 2 is 1.93 bits per heavy atom. The summed E-state index contributed by atoms with van der Waals surface area (Å²) in [6.07, 6.45) is 7.78. The highest BCUT2D eigenvalue weighted by molar-refractivity contribution is 8.07. The molecule has 1 heterocycles. The average Bonchev–Trinajstić information content (AvgIpc) is 2.72. The fraction of sp³-hybridized carbons (Fsp3) is 0.136. The largest absolute Gasteiger partial charge is 0.256 e. The molecule has 1 aromatic carbocycles. The highest BCUT2D eigenvalue weighted by Gasteiger charge is 2.15. The van der Waals surface area contributed by atoms with Crippen molar-refractivity contribution in [2.24, 2.45) is 5.84 Å². The number of allylic oxidation sites excluding steroid dienone is 5. The van der Waals surface area contributed by atoms with Crippen LogP contribution in [0.4, 0.5) is 5.82 Å². The normalized spacial score (nSPS) is 13.1. The SMILES string of the molecule is C=C/C(Cl)=C\C(=C/CCl)S/C(=C(/C)Cc1ccccc1)N(N)c1ccccn1. The van der Waals surface area contributed by atoms with E-state index in [0.29, 0.717) is 16.7 Å². The summed E-state index contributed by atoms with van der Waals surface area (Å²) in [5.74, 6) is 7.47. The summed E-state index contributed by atoms with van der Waals surface area (Å²) in [5.41, 5.74) is 2.31. The van der Waals surface area contributed by atoms with Gasteiger partial charge in [-0.1, -0.05) is 78.5 Å². The zero-order chi connectivity index (χ0) is 20.4. The molecule has 0 atom stereocenters. The van der Waals surface area contributed by atoms with Crippen molar-refractivity contribution in [3.8, 4) is 0 Å². The smallest absolute Gasteiger partial charge is 0.147 e. The predicted octanol–water partition coefficient (Wildman–Crippen LogP) is 6.40. The molecule has 0 aliphatic carbocycles. The fourth-order valence-corrected chi connectivity index (χ4v) is 3.89. The van der Waals surface area contributed by atoms with Crippen LogP contribution in [0.15, 0.2) is 100 Å². The molecule has 3 nitrogen and oxygen atoms in total. The number of aromatic nitrogens is 1. The molecule has 0 saturated carbocycles. The minimum absolute atomic E-state index is 0.360. The quantitative estimate of drug-likeness (QED) is 0.215. The Morgan fingerprint density at radius 1 is 1.21 bits per heavy atom. The van der Waals surface area contributed by atoms with Crippen LogP contribution in [0.25, 0.3) is 0 Å². The lowest BCUT2D eigenvalue weighted by Gasteiger charge is -2.23. The number of anilines is 1. The van der Waals surface area contributed by atoms with E-state index >= 15 is 0 Å². The molecule has 0 bridgehead atoms. The molecule has 0 amide bonds. The van der Waals surface area contributed by atoms with E-state index in [1.54, 1.807) is 17.3 Å². The van der Waals surface area contributed by atoms with Gasteiger partial charge in [-0.15, -0.1) is 11.6 Å². The summed E-state index contributed by atoms with van der Waals surface area (Å²) in [6, 6.07) is 15.9. The number of nitrogens with two attached hydrogens (primary N) is 1. The molecule has 0 aliphatic heterocycles. The molecule has 1 aromatic heterocycles. The number of hydrogen-bond acceptors (Lipinski definition) is 4. The number of benzene rings is 1. The Balaban J connectivity index is 2.44. The van der Waals surface area contributed by atoms with E-state index < -0.39 is 0 Å². The number of rotatable bonds is 9. The minimum Gasteiger partial charge on any atom is -0.256 e. The number of hydrazine groups is 1. The molecule has 28 heavy (non-hydrogen) atoms. The van der Waals surface area contributed by atoms with Gasteiger partial charge < -0.3 is 0 Å². The first kappa shape index (κ1) is 22.3. The number of thioether (sulfide) groups is 1. The number of pyridine rings is 1. The standard InChI is InChI=1S/C22H23Cl2N3S/c1-3-19(24)16-20(12-13-23)28-22(27(25)21-11-7-8-14-26-21)17(2)15-18-9-5-4-6-10-18/h3-12,14,16H,1,13,15,25H2,2H3/b19-16+,20-12+,22-17-. The van der Waals surface area contributed by atoms with Crippen molar-refractivity contribution in [3.63, 3.8) is 0 Å². The highest BCUT2D eigenvalue weighted by Crippen LogP contribution is 2.34. The van der Waals surface area contributed by atoms with E-state index in [-0.39, 0.29) is 0 Å². The van der Waals surface area contributed by atoms with Gasteiger partial charge in [0.05, 0.1) is 5.03 Å². The second-order valence-electron chi connectivity index (χ2n) is 5.90. The minimum atomic E-state index is 0.360. The van der Waals surface area contributed by atoms with Crippen LogP contribution in [0.1, 0.15) is 12.5 Å². The zero-order valence-electron chi connectivity index (χ0n) is 15.7. The summed E-state index contributed by atoms with van der Waals surface area (Å²) in [4.78, 5) is 5.25. The lowest BCUT2D eigenvalue weighted by Crippen LogP contribution is -2.30. The average molecular weight is 432 g/mol. The van der Waals surface area contributed by atoms with Gasteiger partial charge in [0.25, 0.3) is 0 Å². The van der Waals surface area contributed by atoms with Crippen molar-refractivity contribution in [2.75, 3.05) is 10.9 Å². The van der Waals surface area contributed by atoms with Crippen LogP contribution < -0.4 is 10.9 Å². The van der Waals surface area contributed by atoms with E-state index in [9.17, 15) is 0 Å². The van der Waals surface area contributed by atoms with Crippen LogP contribution in [0, 0.1) is 0 Å². The topological polar surface area (TPSA) is 42.1 Å². The van der Waals surface area contributed by atoms with Crippen LogP contribution in [-0.2, 0) is 6.42 Å². The van der Waals surface area contributed by atoms with Gasteiger partial charge in [0.15, 0.2) is 0 Å². The molecule has 146 valence electrons. The van der Waals surface area contributed by atoms with Gasteiger partial charge in [0.1, 0.15) is 5.82 Å². The fourth-order valence-electron chi connectivity index (χ4n) is 2.43. The molecule has 0 spiro atoms. The third-order valence-electron chi connectivity index (χ3n) is 3.76. The monoisotopic (exact) mass is 431 g/mol. The first-order chi connectivity index (χ1) is 13.5. The van der Waals surface area contributed by atoms with E-state index in [2.05, 4.69) is 30.6 Å². The van der Waals surface area contributed by atoms with Gasteiger partial charge >= 0.3 is 0 Å². The molecule has 2 aromatic rings. The number of halogens is 2. The van der Waals surface area contributed by atoms with Gasteiger partial charge in [-0.3, -0.25) is 5.01 Å². The lowest BCUT2D eigenvalue weighted by atomic mass is 10.1. The van der Waals surface area contributed by atoms with Crippen molar-refractivity contribution in [2.45, 2.75) is 13.3 Å². The van der Waals surface area contributed by atoms with E-state index in [4.69, 9.17) is 29.0 Å². The van der Waals surface area contributed by atoms with Crippen LogP contribution in [0.5, 0.6) is 0 Å². The molecule has 6 heteroatoms. The van der Waals surface area contributed by atoms with Gasteiger partial charge in [-0.05, 0) is 42.7 Å². The highest BCUT2D eigenvalue weighted by atomic mass is 35.5. The van der Waals surface area contributed by atoms with Gasteiger partial charge in [-0.25, -0.2) is 10.8 Å². The Hall–Kier alpha value is -1.98. The number of nitrogens with zero attached hydrogens (tertiary/aromatic N) is 2. The number of alkyl halides is 1. The number of hydrogen-bond donors (Lipinski definition) is 1.